The number of hydrogen-bond donors (Lipinski definition) is 1. The predicted molar refractivity (Wildman–Crippen MR) is 67.8 cm³/mol. The predicted octanol–water partition coefficient (Wildman–Crippen LogP) is 2.60. The summed E-state index contributed by atoms with van der Waals surface area (Å²) >= 11 is 1.80. The van der Waals surface area contributed by atoms with Gasteiger partial charge in [-0.25, -0.2) is 4.79 Å². The van der Waals surface area contributed by atoms with E-state index in [1.54, 1.807) is 17.4 Å². The number of carboxylic acids is 1. The molecule has 0 aromatic carbocycles. The Labute approximate surface area is 108 Å². The Morgan fingerprint density at radius 2 is 2.39 bits per heavy atom. The molecule has 1 aliphatic rings. The minimum atomic E-state index is -0.997. The van der Waals surface area contributed by atoms with Crippen LogP contribution in [0.25, 0.3) is 0 Å². The second kappa shape index (κ2) is 4.59. The van der Waals surface area contributed by atoms with Crippen molar-refractivity contribution in [3.8, 4) is 0 Å². The number of rotatable bonds is 3. The van der Waals surface area contributed by atoms with Crippen molar-refractivity contribution in [1.82, 2.24) is 4.90 Å². The number of thiophene rings is 1. The average molecular weight is 263 g/mol. The molecule has 2 aromatic rings. The van der Waals surface area contributed by atoms with Gasteiger partial charge in [0.15, 0.2) is 0 Å². The number of aromatic carboxylic acids is 1. The Morgan fingerprint density at radius 1 is 1.50 bits per heavy atom. The van der Waals surface area contributed by atoms with Gasteiger partial charge in [-0.1, -0.05) is 0 Å². The van der Waals surface area contributed by atoms with E-state index in [1.165, 1.54) is 16.7 Å². The molecule has 0 unspecified atom stereocenters. The Bertz CT molecular complexity index is 572. The van der Waals surface area contributed by atoms with Crippen molar-refractivity contribution in [3.63, 3.8) is 0 Å². The molecule has 0 saturated carbocycles. The van der Waals surface area contributed by atoms with Gasteiger partial charge in [0.2, 0.25) is 5.76 Å². The normalized spacial score (nSPS) is 15.6. The molecule has 1 N–H and O–H groups in total. The molecule has 18 heavy (non-hydrogen) atoms. The number of fused-ring (bicyclic) bond motifs is 1. The van der Waals surface area contributed by atoms with Crippen LogP contribution in [-0.2, 0) is 19.5 Å². The minimum absolute atomic E-state index is 0.0612. The first-order chi connectivity index (χ1) is 8.74. The molecule has 0 aliphatic carbocycles. The summed E-state index contributed by atoms with van der Waals surface area (Å²) in [7, 11) is 0. The van der Waals surface area contributed by atoms with Crippen molar-refractivity contribution >= 4 is 17.3 Å². The molecule has 4 nitrogen and oxygen atoms in total. The molecule has 0 radical (unpaired) electrons. The number of furan rings is 1. The Kier molecular flexibility index (Phi) is 2.93. The zero-order valence-corrected chi connectivity index (χ0v) is 10.6. The summed E-state index contributed by atoms with van der Waals surface area (Å²) in [6.45, 7) is 2.49. The molecule has 0 bridgehead atoms. The average Bonchev–Trinajstić information content (AvgIpc) is 2.96. The molecule has 0 amide bonds. The van der Waals surface area contributed by atoms with Crippen LogP contribution in [0.1, 0.15) is 26.6 Å². The van der Waals surface area contributed by atoms with E-state index in [4.69, 9.17) is 9.52 Å². The molecule has 0 spiro atoms. The summed E-state index contributed by atoms with van der Waals surface area (Å²) in [5.74, 6) is -0.936. The topological polar surface area (TPSA) is 53.7 Å². The zero-order chi connectivity index (χ0) is 12.5. The van der Waals surface area contributed by atoms with E-state index >= 15 is 0 Å². The van der Waals surface area contributed by atoms with Gasteiger partial charge in [0.25, 0.3) is 0 Å². The highest BCUT2D eigenvalue weighted by Gasteiger charge is 2.21. The maximum absolute atomic E-state index is 11.0. The molecule has 3 rings (SSSR count). The molecule has 0 saturated heterocycles. The SMILES string of the molecule is O=C(O)c1occc1CN1CCc2sccc2C1. The summed E-state index contributed by atoms with van der Waals surface area (Å²) in [6.07, 6.45) is 2.49. The van der Waals surface area contributed by atoms with Crippen LogP contribution in [0, 0.1) is 0 Å². The molecule has 94 valence electrons. The maximum atomic E-state index is 11.0. The van der Waals surface area contributed by atoms with E-state index in [9.17, 15) is 4.79 Å². The Balaban J connectivity index is 1.75. The summed E-state index contributed by atoms with van der Waals surface area (Å²) in [5.41, 5.74) is 2.12. The number of carbonyl (C=O) groups is 1. The highest BCUT2D eigenvalue weighted by Crippen LogP contribution is 2.25. The van der Waals surface area contributed by atoms with Crippen LogP contribution in [0.2, 0.25) is 0 Å². The second-order valence-electron chi connectivity index (χ2n) is 4.41. The summed E-state index contributed by atoms with van der Waals surface area (Å²) in [5, 5.41) is 11.1. The fourth-order valence-electron chi connectivity index (χ4n) is 2.33. The van der Waals surface area contributed by atoms with E-state index in [0.717, 1.165) is 25.1 Å². The van der Waals surface area contributed by atoms with Gasteiger partial charge in [0.1, 0.15) is 0 Å². The molecule has 1 aliphatic heterocycles. The van der Waals surface area contributed by atoms with Crippen molar-refractivity contribution < 1.29 is 14.3 Å². The summed E-state index contributed by atoms with van der Waals surface area (Å²) < 4.78 is 5.00. The molecule has 5 heteroatoms. The third-order valence-electron chi connectivity index (χ3n) is 3.22. The van der Waals surface area contributed by atoms with Gasteiger partial charge in [-0.3, -0.25) is 4.90 Å². The number of hydrogen-bond acceptors (Lipinski definition) is 4. The largest absolute Gasteiger partial charge is 0.475 e. The molecule has 0 fully saturated rings. The fraction of sp³-hybridized carbons (Fsp3) is 0.308. The van der Waals surface area contributed by atoms with Crippen LogP contribution >= 0.6 is 11.3 Å². The summed E-state index contributed by atoms with van der Waals surface area (Å²) in [4.78, 5) is 14.7. The minimum Gasteiger partial charge on any atom is -0.475 e. The molecular formula is C13H13NO3S. The lowest BCUT2D eigenvalue weighted by Crippen LogP contribution is -2.29. The number of nitrogens with zero attached hydrogens (tertiary/aromatic N) is 1. The lowest BCUT2D eigenvalue weighted by Gasteiger charge is -2.26. The fourth-order valence-corrected chi connectivity index (χ4v) is 3.22. The van der Waals surface area contributed by atoms with E-state index in [0.29, 0.717) is 6.54 Å². The van der Waals surface area contributed by atoms with Crippen LogP contribution in [0.15, 0.2) is 28.2 Å². The molecule has 3 heterocycles. The monoisotopic (exact) mass is 263 g/mol. The third kappa shape index (κ3) is 2.07. The van der Waals surface area contributed by atoms with Gasteiger partial charge >= 0.3 is 5.97 Å². The third-order valence-corrected chi connectivity index (χ3v) is 4.24. The first kappa shape index (κ1) is 11.5. The van der Waals surface area contributed by atoms with Gasteiger partial charge in [-0.05, 0) is 29.5 Å². The van der Waals surface area contributed by atoms with E-state index in [2.05, 4.69) is 16.3 Å². The maximum Gasteiger partial charge on any atom is 0.372 e. The van der Waals surface area contributed by atoms with Crippen LogP contribution in [0.5, 0.6) is 0 Å². The van der Waals surface area contributed by atoms with E-state index in [1.807, 2.05) is 0 Å². The van der Waals surface area contributed by atoms with Crippen molar-refractivity contribution in [2.75, 3.05) is 6.54 Å². The Morgan fingerprint density at radius 3 is 3.22 bits per heavy atom. The van der Waals surface area contributed by atoms with Gasteiger partial charge < -0.3 is 9.52 Å². The smallest absolute Gasteiger partial charge is 0.372 e. The molecular weight excluding hydrogens is 250 g/mol. The van der Waals surface area contributed by atoms with Gasteiger partial charge in [-0.2, -0.15) is 0 Å². The standard InChI is InChI=1S/C13H13NO3S/c15-13(16)12-10(2-5-17-12)8-14-4-1-11-9(7-14)3-6-18-11/h2-3,5-6H,1,4,7-8H2,(H,15,16). The van der Waals surface area contributed by atoms with Crippen LogP contribution in [0.4, 0.5) is 0 Å². The quantitative estimate of drug-likeness (QED) is 0.924. The highest BCUT2D eigenvalue weighted by molar-refractivity contribution is 7.10. The summed E-state index contributed by atoms with van der Waals surface area (Å²) in [6, 6.07) is 3.90. The van der Waals surface area contributed by atoms with Gasteiger partial charge in [-0.15, -0.1) is 11.3 Å². The molecule has 2 aromatic heterocycles. The van der Waals surface area contributed by atoms with Crippen molar-refractivity contribution in [2.24, 2.45) is 0 Å². The highest BCUT2D eigenvalue weighted by atomic mass is 32.1. The first-order valence-electron chi connectivity index (χ1n) is 5.81. The van der Waals surface area contributed by atoms with Crippen LogP contribution < -0.4 is 0 Å². The van der Waals surface area contributed by atoms with Crippen molar-refractivity contribution in [1.29, 1.82) is 0 Å². The van der Waals surface area contributed by atoms with Crippen LogP contribution in [-0.4, -0.2) is 22.5 Å². The lowest BCUT2D eigenvalue weighted by molar-refractivity contribution is 0.0659. The van der Waals surface area contributed by atoms with Crippen molar-refractivity contribution in [2.45, 2.75) is 19.5 Å². The van der Waals surface area contributed by atoms with Gasteiger partial charge in [0, 0.05) is 30.1 Å². The lowest BCUT2D eigenvalue weighted by atomic mass is 10.1. The Hall–Kier alpha value is -1.59. The van der Waals surface area contributed by atoms with Crippen molar-refractivity contribution in [3.05, 3.63) is 45.5 Å². The van der Waals surface area contributed by atoms with E-state index < -0.39 is 5.97 Å². The van der Waals surface area contributed by atoms with Crippen LogP contribution in [0.3, 0.4) is 0 Å². The zero-order valence-electron chi connectivity index (χ0n) is 9.76. The molecule has 0 atom stereocenters. The van der Waals surface area contributed by atoms with E-state index in [-0.39, 0.29) is 5.76 Å². The first-order valence-corrected chi connectivity index (χ1v) is 6.69. The van der Waals surface area contributed by atoms with Gasteiger partial charge in [0.05, 0.1) is 6.26 Å². The number of carboxylic acid groups (broad SMARTS) is 1. The second-order valence-corrected chi connectivity index (χ2v) is 5.41.